The number of imidazole rings is 2. The number of carbonyl (C=O) groups excluding carboxylic acids is 1. The van der Waals surface area contributed by atoms with Gasteiger partial charge in [0.1, 0.15) is 11.6 Å². The molecular formula is C26H22FN5OS. The van der Waals surface area contributed by atoms with Crippen molar-refractivity contribution in [3.63, 3.8) is 0 Å². The number of para-hydroxylation sites is 2. The number of aromatic amines is 1. The lowest BCUT2D eigenvalue weighted by Crippen LogP contribution is -2.24. The third-order valence-electron chi connectivity index (χ3n) is 5.54. The number of carbonyl (C=O) groups is 1. The van der Waals surface area contributed by atoms with Crippen molar-refractivity contribution >= 4 is 28.7 Å². The molecule has 34 heavy (non-hydrogen) atoms. The monoisotopic (exact) mass is 471 g/mol. The summed E-state index contributed by atoms with van der Waals surface area (Å²) >= 11 is 1.54. The molecule has 1 amide bonds. The van der Waals surface area contributed by atoms with Crippen LogP contribution < -0.4 is 5.32 Å². The lowest BCUT2D eigenvalue weighted by Gasteiger charge is -2.11. The minimum atomic E-state index is -0.365. The highest BCUT2D eigenvalue weighted by Crippen LogP contribution is 2.25. The van der Waals surface area contributed by atoms with E-state index in [9.17, 15) is 9.18 Å². The lowest BCUT2D eigenvalue weighted by atomic mass is 10.1. The van der Waals surface area contributed by atoms with E-state index in [1.54, 1.807) is 40.9 Å². The van der Waals surface area contributed by atoms with Crippen LogP contribution in [0.4, 0.5) is 4.39 Å². The number of fused-ring (bicyclic) bond motifs is 1. The van der Waals surface area contributed by atoms with Crippen LogP contribution in [-0.2, 0) is 12.3 Å². The molecule has 5 rings (SSSR count). The number of aryl methyl sites for hydroxylation is 1. The van der Waals surface area contributed by atoms with Gasteiger partial charge in [-0.15, -0.1) is 0 Å². The van der Waals surface area contributed by atoms with E-state index in [0.29, 0.717) is 28.4 Å². The number of halogens is 1. The second-order valence-electron chi connectivity index (χ2n) is 7.82. The van der Waals surface area contributed by atoms with Gasteiger partial charge in [0, 0.05) is 30.3 Å². The molecule has 0 aliphatic heterocycles. The number of nitrogens with one attached hydrogen (secondary N) is 2. The first-order chi connectivity index (χ1) is 16.6. The number of benzene rings is 3. The molecular weight excluding hydrogens is 449 g/mol. The van der Waals surface area contributed by atoms with Gasteiger partial charge in [0.05, 0.1) is 16.7 Å². The van der Waals surface area contributed by atoms with Gasteiger partial charge in [-0.05, 0) is 48.4 Å². The smallest absolute Gasteiger partial charge is 0.251 e. The van der Waals surface area contributed by atoms with Crippen LogP contribution in [0.5, 0.6) is 0 Å². The SMILES string of the molecule is Cc1nccn1-c1ccc(CNC(=O)c2ccccc2CSc2nc3ccccc3[nH]2)cc1F. The van der Waals surface area contributed by atoms with Gasteiger partial charge in [-0.2, -0.15) is 0 Å². The molecule has 0 saturated carbocycles. The molecule has 0 unspecified atom stereocenters. The van der Waals surface area contributed by atoms with E-state index in [0.717, 1.165) is 21.8 Å². The highest BCUT2D eigenvalue weighted by molar-refractivity contribution is 7.98. The Morgan fingerprint density at radius 3 is 2.74 bits per heavy atom. The van der Waals surface area contributed by atoms with Gasteiger partial charge in [0.25, 0.3) is 5.91 Å². The molecule has 0 atom stereocenters. The Bertz CT molecular complexity index is 1440. The van der Waals surface area contributed by atoms with E-state index >= 15 is 0 Å². The van der Waals surface area contributed by atoms with Crippen molar-refractivity contribution in [1.82, 2.24) is 24.8 Å². The maximum atomic E-state index is 14.7. The summed E-state index contributed by atoms with van der Waals surface area (Å²) in [5.41, 5.74) is 4.51. The van der Waals surface area contributed by atoms with E-state index in [-0.39, 0.29) is 18.3 Å². The third kappa shape index (κ3) is 4.58. The number of amides is 1. The van der Waals surface area contributed by atoms with E-state index < -0.39 is 0 Å². The highest BCUT2D eigenvalue weighted by Gasteiger charge is 2.13. The maximum absolute atomic E-state index is 14.7. The zero-order chi connectivity index (χ0) is 23.5. The molecule has 0 aliphatic rings. The number of hydrogen-bond acceptors (Lipinski definition) is 4. The van der Waals surface area contributed by atoms with Gasteiger partial charge >= 0.3 is 0 Å². The summed E-state index contributed by atoms with van der Waals surface area (Å²) < 4.78 is 16.4. The molecule has 170 valence electrons. The number of H-pyrrole nitrogens is 1. The first-order valence-electron chi connectivity index (χ1n) is 10.8. The van der Waals surface area contributed by atoms with E-state index in [4.69, 9.17) is 0 Å². The number of thioether (sulfide) groups is 1. The molecule has 0 spiro atoms. The van der Waals surface area contributed by atoms with Crippen LogP contribution in [0.2, 0.25) is 0 Å². The molecule has 5 aromatic rings. The lowest BCUT2D eigenvalue weighted by molar-refractivity contribution is 0.0950. The summed E-state index contributed by atoms with van der Waals surface area (Å²) in [6.45, 7) is 2.04. The first-order valence-corrected chi connectivity index (χ1v) is 11.8. The van der Waals surface area contributed by atoms with Crippen LogP contribution in [0.15, 0.2) is 84.3 Å². The van der Waals surface area contributed by atoms with Gasteiger partial charge in [-0.25, -0.2) is 14.4 Å². The fraction of sp³-hybridized carbons (Fsp3) is 0.115. The maximum Gasteiger partial charge on any atom is 0.251 e. The Balaban J connectivity index is 1.25. The quantitative estimate of drug-likeness (QED) is 0.311. The van der Waals surface area contributed by atoms with Crippen LogP contribution in [0, 0.1) is 12.7 Å². The first kappa shape index (κ1) is 21.9. The van der Waals surface area contributed by atoms with Gasteiger partial charge in [0.15, 0.2) is 5.16 Å². The van der Waals surface area contributed by atoms with Crippen LogP contribution in [0.1, 0.15) is 27.3 Å². The molecule has 6 nitrogen and oxygen atoms in total. The van der Waals surface area contributed by atoms with Crippen molar-refractivity contribution in [3.8, 4) is 5.69 Å². The average molecular weight is 472 g/mol. The zero-order valence-corrected chi connectivity index (χ0v) is 19.3. The Labute approximate surface area is 200 Å². The molecule has 2 aromatic heterocycles. The molecule has 2 N–H and O–H groups in total. The van der Waals surface area contributed by atoms with Crippen molar-refractivity contribution in [2.45, 2.75) is 24.4 Å². The van der Waals surface area contributed by atoms with Crippen LogP contribution in [-0.4, -0.2) is 25.4 Å². The van der Waals surface area contributed by atoms with Gasteiger partial charge in [-0.1, -0.05) is 48.2 Å². The van der Waals surface area contributed by atoms with Crippen LogP contribution in [0.25, 0.3) is 16.7 Å². The largest absolute Gasteiger partial charge is 0.348 e. The Hall–Kier alpha value is -3.91. The predicted octanol–water partition coefficient (Wildman–Crippen LogP) is 5.42. The molecule has 0 aliphatic carbocycles. The van der Waals surface area contributed by atoms with Crippen LogP contribution >= 0.6 is 11.8 Å². The summed E-state index contributed by atoms with van der Waals surface area (Å²) in [5.74, 6) is 0.736. The molecule has 3 aromatic carbocycles. The van der Waals surface area contributed by atoms with Crippen molar-refractivity contribution in [2.24, 2.45) is 0 Å². The van der Waals surface area contributed by atoms with Gasteiger partial charge < -0.3 is 14.9 Å². The number of rotatable bonds is 7. The predicted molar refractivity (Wildman–Crippen MR) is 132 cm³/mol. The van der Waals surface area contributed by atoms with E-state index in [1.165, 1.54) is 6.07 Å². The number of hydrogen-bond donors (Lipinski definition) is 2. The Kier molecular flexibility index (Phi) is 6.14. The summed E-state index contributed by atoms with van der Waals surface area (Å²) in [4.78, 5) is 24.9. The molecule has 0 fully saturated rings. The number of aromatic nitrogens is 4. The summed E-state index contributed by atoms with van der Waals surface area (Å²) in [6.07, 6.45) is 3.35. The fourth-order valence-electron chi connectivity index (χ4n) is 3.78. The molecule has 0 bridgehead atoms. The second-order valence-corrected chi connectivity index (χ2v) is 8.78. The molecule has 8 heteroatoms. The normalized spacial score (nSPS) is 11.1. The molecule has 2 heterocycles. The Morgan fingerprint density at radius 1 is 1.12 bits per heavy atom. The fourth-order valence-corrected chi connectivity index (χ4v) is 4.67. The second kappa shape index (κ2) is 9.52. The average Bonchev–Trinajstić information content (AvgIpc) is 3.47. The topological polar surface area (TPSA) is 75.6 Å². The van der Waals surface area contributed by atoms with Crippen molar-refractivity contribution in [3.05, 3.63) is 107 Å². The van der Waals surface area contributed by atoms with Gasteiger partial charge in [0.2, 0.25) is 0 Å². The van der Waals surface area contributed by atoms with Crippen molar-refractivity contribution < 1.29 is 9.18 Å². The summed E-state index contributed by atoms with van der Waals surface area (Å²) in [5, 5.41) is 3.72. The third-order valence-corrected chi connectivity index (χ3v) is 6.47. The minimum Gasteiger partial charge on any atom is -0.348 e. The van der Waals surface area contributed by atoms with E-state index in [1.807, 2.05) is 55.5 Å². The van der Waals surface area contributed by atoms with Crippen molar-refractivity contribution in [1.29, 1.82) is 0 Å². The van der Waals surface area contributed by atoms with Crippen molar-refractivity contribution in [2.75, 3.05) is 0 Å². The zero-order valence-electron chi connectivity index (χ0n) is 18.5. The molecule has 0 radical (unpaired) electrons. The van der Waals surface area contributed by atoms with E-state index in [2.05, 4.69) is 20.3 Å². The summed E-state index contributed by atoms with van der Waals surface area (Å²) in [6, 6.07) is 20.3. The highest BCUT2D eigenvalue weighted by atomic mass is 32.2. The molecule has 0 saturated heterocycles. The summed E-state index contributed by atoms with van der Waals surface area (Å²) in [7, 11) is 0. The number of nitrogens with zero attached hydrogens (tertiary/aromatic N) is 3. The standard InChI is InChI=1S/C26H22FN5OS/c1-17-28-12-13-32(17)24-11-10-18(14-21(24)27)15-29-25(33)20-7-3-2-6-19(20)16-34-26-30-22-8-4-5-9-23(22)31-26/h2-14H,15-16H2,1H3,(H,29,33)(H,30,31). The van der Waals surface area contributed by atoms with Crippen LogP contribution in [0.3, 0.4) is 0 Å². The Morgan fingerprint density at radius 2 is 1.94 bits per heavy atom. The van der Waals surface area contributed by atoms with Gasteiger partial charge in [-0.3, -0.25) is 4.79 Å². The minimum absolute atomic E-state index is 0.198.